The number of carbonyl (C=O) groups is 1. The third-order valence-electron chi connectivity index (χ3n) is 4.29. The van der Waals surface area contributed by atoms with Gasteiger partial charge in [0.15, 0.2) is 0 Å². The van der Waals surface area contributed by atoms with Gasteiger partial charge in [0.05, 0.1) is 6.10 Å². The largest absolute Gasteiger partial charge is 0.490 e. The number of hydrogen-bond donors (Lipinski definition) is 3. The Bertz CT molecular complexity index is 712. The molecule has 5 nitrogen and oxygen atoms in total. The lowest BCUT2D eigenvalue weighted by molar-refractivity contribution is -0.118. The second kappa shape index (κ2) is 8.53. The number of nitrogens with one attached hydrogen (secondary N) is 2. The average Bonchev–Trinajstić information content (AvgIpc) is 3.13. The van der Waals surface area contributed by atoms with Crippen molar-refractivity contribution in [1.82, 2.24) is 0 Å². The molecule has 0 radical (unpaired) electrons. The molecule has 1 fully saturated rings. The number of hydrogen-bond acceptors (Lipinski definition) is 4. The van der Waals surface area contributed by atoms with E-state index in [1.165, 1.54) is 12.8 Å². The van der Waals surface area contributed by atoms with Crippen molar-refractivity contribution in [2.24, 2.45) is 0 Å². The lowest BCUT2D eigenvalue weighted by atomic mass is 10.2. The van der Waals surface area contributed by atoms with Crippen LogP contribution in [0.1, 0.15) is 31.2 Å². The van der Waals surface area contributed by atoms with E-state index in [4.69, 9.17) is 9.84 Å². The van der Waals surface area contributed by atoms with Gasteiger partial charge in [-0.05, 0) is 61.6 Å². The Hall–Kier alpha value is -2.53. The fourth-order valence-electron chi connectivity index (χ4n) is 3.04. The molecule has 1 aliphatic carbocycles. The van der Waals surface area contributed by atoms with Crippen LogP contribution in [-0.2, 0) is 11.3 Å². The molecule has 2 aromatic carbocycles. The van der Waals surface area contributed by atoms with Crippen molar-refractivity contribution in [2.75, 3.05) is 17.2 Å². The van der Waals surface area contributed by atoms with Gasteiger partial charge in [-0.15, -0.1) is 0 Å². The monoisotopic (exact) mass is 340 g/mol. The molecule has 3 N–H and O–H groups in total. The molecule has 0 unspecified atom stereocenters. The standard InChI is InChI=1S/C20H24N2O3/c23-14-20(24)22-17-7-4-6-16(12-17)21-13-15-5-3-10-19(11-15)25-18-8-1-2-9-18/h3-7,10-12,18,21,23H,1-2,8-9,13-14H2,(H,22,24). The van der Waals surface area contributed by atoms with Crippen LogP contribution in [0.5, 0.6) is 5.75 Å². The molecule has 1 aliphatic rings. The van der Waals surface area contributed by atoms with Gasteiger partial charge in [0.2, 0.25) is 5.91 Å². The van der Waals surface area contributed by atoms with Crippen molar-refractivity contribution >= 4 is 17.3 Å². The van der Waals surface area contributed by atoms with Crippen LogP contribution in [-0.4, -0.2) is 23.7 Å². The van der Waals surface area contributed by atoms with Gasteiger partial charge in [-0.3, -0.25) is 4.79 Å². The highest BCUT2D eigenvalue weighted by Crippen LogP contribution is 2.25. The lowest BCUT2D eigenvalue weighted by Gasteiger charge is -2.14. The van der Waals surface area contributed by atoms with Gasteiger partial charge in [-0.25, -0.2) is 0 Å². The van der Waals surface area contributed by atoms with E-state index in [9.17, 15) is 4.79 Å². The highest BCUT2D eigenvalue weighted by atomic mass is 16.5. The molecule has 0 bridgehead atoms. The van der Waals surface area contributed by atoms with Gasteiger partial charge in [0, 0.05) is 17.9 Å². The van der Waals surface area contributed by atoms with E-state index in [-0.39, 0.29) is 0 Å². The summed E-state index contributed by atoms with van der Waals surface area (Å²) < 4.78 is 6.04. The number of anilines is 2. The zero-order valence-corrected chi connectivity index (χ0v) is 14.2. The van der Waals surface area contributed by atoms with Gasteiger partial charge in [0.1, 0.15) is 12.4 Å². The molecule has 0 heterocycles. The van der Waals surface area contributed by atoms with Crippen LogP contribution in [0.25, 0.3) is 0 Å². The molecule has 0 aromatic heterocycles. The molecule has 25 heavy (non-hydrogen) atoms. The molecule has 1 saturated carbocycles. The number of carbonyl (C=O) groups excluding carboxylic acids is 1. The van der Waals surface area contributed by atoms with Crippen LogP contribution < -0.4 is 15.4 Å². The van der Waals surface area contributed by atoms with Crippen LogP contribution in [0.4, 0.5) is 11.4 Å². The summed E-state index contributed by atoms with van der Waals surface area (Å²) >= 11 is 0. The highest BCUT2D eigenvalue weighted by molar-refractivity contribution is 5.91. The van der Waals surface area contributed by atoms with Crippen molar-refractivity contribution in [3.05, 3.63) is 54.1 Å². The first kappa shape index (κ1) is 17.3. The van der Waals surface area contributed by atoms with Gasteiger partial charge < -0.3 is 20.5 Å². The summed E-state index contributed by atoms with van der Waals surface area (Å²) in [7, 11) is 0. The number of aliphatic hydroxyl groups excluding tert-OH is 1. The van der Waals surface area contributed by atoms with E-state index in [2.05, 4.69) is 22.8 Å². The Morgan fingerprint density at radius 1 is 1.08 bits per heavy atom. The number of aliphatic hydroxyl groups is 1. The molecular weight excluding hydrogens is 316 g/mol. The zero-order valence-electron chi connectivity index (χ0n) is 14.2. The molecule has 2 aromatic rings. The molecule has 0 atom stereocenters. The number of rotatable bonds is 7. The molecule has 1 amide bonds. The molecular formula is C20H24N2O3. The maximum absolute atomic E-state index is 11.3. The van der Waals surface area contributed by atoms with Gasteiger partial charge >= 0.3 is 0 Å². The summed E-state index contributed by atoms with van der Waals surface area (Å²) in [5, 5.41) is 14.8. The van der Waals surface area contributed by atoms with Crippen molar-refractivity contribution in [1.29, 1.82) is 0 Å². The fraction of sp³-hybridized carbons (Fsp3) is 0.350. The Kier molecular flexibility index (Phi) is 5.90. The van der Waals surface area contributed by atoms with E-state index in [0.29, 0.717) is 18.3 Å². The summed E-state index contributed by atoms with van der Waals surface area (Å²) in [6.45, 7) is 0.144. The predicted octanol–water partition coefficient (Wildman–Crippen LogP) is 3.55. The molecule has 5 heteroatoms. The predicted molar refractivity (Wildman–Crippen MR) is 98.8 cm³/mol. The van der Waals surface area contributed by atoms with E-state index in [1.807, 2.05) is 30.3 Å². The zero-order chi connectivity index (χ0) is 17.5. The maximum atomic E-state index is 11.3. The fourth-order valence-corrected chi connectivity index (χ4v) is 3.04. The quantitative estimate of drug-likeness (QED) is 0.721. The lowest BCUT2D eigenvalue weighted by Crippen LogP contribution is -2.15. The van der Waals surface area contributed by atoms with Crippen LogP contribution in [0.2, 0.25) is 0 Å². The average molecular weight is 340 g/mol. The molecule has 3 rings (SSSR count). The van der Waals surface area contributed by atoms with Crippen LogP contribution in [0.15, 0.2) is 48.5 Å². The van der Waals surface area contributed by atoms with Crippen molar-refractivity contribution < 1.29 is 14.6 Å². The minimum Gasteiger partial charge on any atom is -0.490 e. The van der Waals surface area contributed by atoms with Crippen molar-refractivity contribution in [2.45, 2.75) is 38.3 Å². The Labute approximate surface area is 148 Å². The minimum atomic E-state index is -0.522. The number of ether oxygens (including phenoxy) is 1. The van der Waals surface area contributed by atoms with Crippen LogP contribution >= 0.6 is 0 Å². The summed E-state index contributed by atoms with van der Waals surface area (Å²) in [4.78, 5) is 11.3. The molecule has 0 saturated heterocycles. The highest BCUT2D eigenvalue weighted by Gasteiger charge is 2.16. The first-order valence-corrected chi connectivity index (χ1v) is 8.73. The molecule has 0 spiro atoms. The maximum Gasteiger partial charge on any atom is 0.250 e. The summed E-state index contributed by atoms with van der Waals surface area (Å²) in [5.41, 5.74) is 2.69. The van der Waals surface area contributed by atoms with E-state index in [1.54, 1.807) is 6.07 Å². The minimum absolute atomic E-state index is 0.357. The molecule has 132 valence electrons. The van der Waals surface area contributed by atoms with Gasteiger partial charge in [0.25, 0.3) is 0 Å². The third kappa shape index (κ3) is 5.22. The van der Waals surface area contributed by atoms with Gasteiger partial charge in [-0.2, -0.15) is 0 Å². The normalized spacial score (nSPS) is 14.3. The van der Waals surface area contributed by atoms with Crippen molar-refractivity contribution in [3.8, 4) is 5.75 Å². The van der Waals surface area contributed by atoms with E-state index >= 15 is 0 Å². The van der Waals surface area contributed by atoms with E-state index < -0.39 is 12.5 Å². The SMILES string of the molecule is O=C(CO)Nc1cccc(NCc2cccc(OC3CCCC3)c2)c1. The third-order valence-corrected chi connectivity index (χ3v) is 4.29. The smallest absolute Gasteiger partial charge is 0.250 e. The van der Waals surface area contributed by atoms with E-state index in [0.717, 1.165) is 29.8 Å². The second-order valence-corrected chi connectivity index (χ2v) is 6.31. The first-order valence-electron chi connectivity index (χ1n) is 8.73. The summed E-state index contributed by atoms with van der Waals surface area (Å²) in [6.07, 6.45) is 5.17. The Morgan fingerprint density at radius 2 is 1.84 bits per heavy atom. The van der Waals surface area contributed by atoms with Crippen LogP contribution in [0.3, 0.4) is 0 Å². The summed E-state index contributed by atoms with van der Waals surface area (Å²) in [6, 6.07) is 15.6. The van der Waals surface area contributed by atoms with Gasteiger partial charge in [-0.1, -0.05) is 18.2 Å². The molecule has 0 aliphatic heterocycles. The second-order valence-electron chi connectivity index (χ2n) is 6.31. The Balaban J connectivity index is 1.57. The first-order chi connectivity index (χ1) is 12.2. The number of benzene rings is 2. The Morgan fingerprint density at radius 3 is 2.64 bits per heavy atom. The number of amides is 1. The summed E-state index contributed by atoms with van der Waals surface area (Å²) in [5.74, 6) is 0.504. The van der Waals surface area contributed by atoms with Crippen LogP contribution in [0, 0.1) is 0 Å². The topological polar surface area (TPSA) is 70.6 Å². The van der Waals surface area contributed by atoms with Crippen molar-refractivity contribution in [3.63, 3.8) is 0 Å².